The van der Waals surface area contributed by atoms with Gasteiger partial charge < -0.3 is 9.26 Å². The fraction of sp³-hybridized carbons (Fsp3) is 0.417. The van der Waals surface area contributed by atoms with Gasteiger partial charge in [0.1, 0.15) is 0 Å². The average Bonchev–Trinajstić information content (AvgIpc) is 3.24. The summed E-state index contributed by atoms with van der Waals surface area (Å²) in [5.74, 6) is 1.28. The minimum Gasteiger partial charge on any atom is -0.373 e. The van der Waals surface area contributed by atoms with Crippen LogP contribution < -0.4 is 0 Å². The van der Waals surface area contributed by atoms with E-state index in [4.69, 9.17) is 9.26 Å². The number of aromatic nitrogens is 2. The summed E-state index contributed by atoms with van der Waals surface area (Å²) in [6, 6.07) is 17.0. The molecule has 3 heterocycles. The first kappa shape index (κ1) is 18.5. The molecular weight excluding hydrogens is 362 g/mol. The topological polar surface area (TPSA) is 51.4 Å². The van der Waals surface area contributed by atoms with Gasteiger partial charge in [-0.2, -0.15) is 4.98 Å². The number of likely N-dealkylation sites (tertiary alicyclic amines) is 1. The van der Waals surface area contributed by atoms with Crippen LogP contribution in [0.5, 0.6) is 0 Å². The van der Waals surface area contributed by atoms with E-state index in [1.807, 2.05) is 0 Å². The summed E-state index contributed by atoms with van der Waals surface area (Å²) in [4.78, 5) is 7.19. The molecule has 1 aromatic heterocycles. The smallest absolute Gasteiger partial charge is 0.229 e. The molecule has 1 saturated heterocycles. The van der Waals surface area contributed by atoms with Crippen LogP contribution >= 0.6 is 0 Å². The molecule has 0 aliphatic carbocycles. The van der Waals surface area contributed by atoms with Crippen molar-refractivity contribution in [3.05, 3.63) is 71.1 Å². The maximum absolute atomic E-state index is 5.99. The van der Waals surface area contributed by atoms with Gasteiger partial charge in [-0.1, -0.05) is 54.0 Å². The van der Waals surface area contributed by atoms with Crippen molar-refractivity contribution in [3.63, 3.8) is 0 Å². The van der Waals surface area contributed by atoms with Crippen LogP contribution in [0.3, 0.4) is 0 Å². The molecule has 1 fully saturated rings. The third-order valence-electron chi connectivity index (χ3n) is 5.96. The molecule has 5 heteroatoms. The molecule has 2 aromatic carbocycles. The van der Waals surface area contributed by atoms with E-state index in [1.54, 1.807) is 0 Å². The Morgan fingerprint density at radius 3 is 2.83 bits per heavy atom. The van der Waals surface area contributed by atoms with Crippen molar-refractivity contribution in [1.29, 1.82) is 0 Å². The molecule has 0 unspecified atom stereocenters. The van der Waals surface area contributed by atoms with Gasteiger partial charge in [-0.15, -0.1) is 0 Å². The SMILES string of the molecule is c1cc(CN2CCCCC2)cc(-c2noc(C[C@@H]3OCCc4ccccc43)n2)c1. The van der Waals surface area contributed by atoms with Gasteiger partial charge in [0.15, 0.2) is 0 Å². The zero-order chi connectivity index (χ0) is 19.5. The van der Waals surface area contributed by atoms with Crippen molar-refractivity contribution in [2.24, 2.45) is 0 Å². The van der Waals surface area contributed by atoms with Crippen LogP contribution in [-0.4, -0.2) is 34.7 Å². The van der Waals surface area contributed by atoms with E-state index in [0.29, 0.717) is 18.1 Å². The van der Waals surface area contributed by atoms with Crippen molar-refractivity contribution in [1.82, 2.24) is 15.0 Å². The Morgan fingerprint density at radius 2 is 1.90 bits per heavy atom. The van der Waals surface area contributed by atoms with Gasteiger partial charge in [-0.05, 0) is 55.1 Å². The molecule has 3 aromatic rings. The fourth-order valence-electron chi connectivity index (χ4n) is 4.44. The molecule has 0 amide bonds. The van der Waals surface area contributed by atoms with Crippen molar-refractivity contribution in [3.8, 4) is 11.4 Å². The number of benzene rings is 2. The summed E-state index contributed by atoms with van der Waals surface area (Å²) in [7, 11) is 0. The number of fused-ring (bicyclic) bond motifs is 1. The maximum Gasteiger partial charge on any atom is 0.229 e. The largest absolute Gasteiger partial charge is 0.373 e. The monoisotopic (exact) mass is 389 g/mol. The quantitative estimate of drug-likeness (QED) is 0.639. The number of rotatable bonds is 5. The highest BCUT2D eigenvalue weighted by Crippen LogP contribution is 2.30. The molecule has 0 spiro atoms. The molecule has 2 aliphatic rings. The lowest BCUT2D eigenvalue weighted by atomic mass is 9.96. The van der Waals surface area contributed by atoms with E-state index in [-0.39, 0.29) is 6.10 Å². The van der Waals surface area contributed by atoms with Crippen LogP contribution in [0.4, 0.5) is 0 Å². The highest BCUT2D eigenvalue weighted by molar-refractivity contribution is 5.55. The summed E-state index contributed by atoms with van der Waals surface area (Å²) >= 11 is 0. The molecule has 5 rings (SSSR count). The van der Waals surface area contributed by atoms with Gasteiger partial charge in [0.05, 0.1) is 19.1 Å². The Hall–Kier alpha value is -2.50. The Labute approximate surface area is 171 Å². The second kappa shape index (κ2) is 8.47. The van der Waals surface area contributed by atoms with Gasteiger partial charge in [0.2, 0.25) is 11.7 Å². The van der Waals surface area contributed by atoms with Gasteiger partial charge in [0, 0.05) is 12.1 Å². The summed E-state index contributed by atoms with van der Waals surface area (Å²) < 4.78 is 11.6. The fourth-order valence-corrected chi connectivity index (χ4v) is 4.44. The molecule has 0 saturated carbocycles. The van der Waals surface area contributed by atoms with Crippen molar-refractivity contribution in [2.45, 2.75) is 44.8 Å². The Bertz CT molecular complexity index is 962. The lowest BCUT2D eigenvalue weighted by molar-refractivity contribution is 0.0375. The molecule has 1 atom stereocenters. The van der Waals surface area contributed by atoms with Crippen LogP contribution in [0.2, 0.25) is 0 Å². The van der Waals surface area contributed by atoms with Crippen molar-refractivity contribution >= 4 is 0 Å². The summed E-state index contributed by atoms with van der Waals surface area (Å²) in [6.45, 7) is 4.12. The maximum atomic E-state index is 5.99. The summed E-state index contributed by atoms with van der Waals surface area (Å²) in [5.41, 5.74) is 4.91. The lowest BCUT2D eigenvalue weighted by Crippen LogP contribution is -2.29. The first-order valence-corrected chi connectivity index (χ1v) is 10.7. The molecule has 5 nitrogen and oxygen atoms in total. The van der Waals surface area contributed by atoms with Gasteiger partial charge in [-0.3, -0.25) is 4.90 Å². The number of piperidine rings is 1. The second-order valence-electron chi connectivity index (χ2n) is 8.06. The van der Waals surface area contributed by atoms with Crippen molar-refractivity contribution in [2.75, 3.05) is 19.7 Å². The van der Waals surface area contributed by atoms with Crippen LogP contribution in [0.15, 0.2) is 53.1 Å². The normalized spacial score (nSPS) is 19.8. The number of nitrogens with zero attached hydrogens (tertiary/aromatic N) is 3. The van der Waals surface area contributed by atoms with E-state index in [0.717, 1.165) is 25.1 Å². The van der Waals surface area contributed by atoms with Gasteiger partial charge in [-0.25, -0.2) is 0 Å². The zero-order valence-electron chi connectivity index (χ0n) is 16.7. The van der Waals surface area contributed by atoms with Crippen molar-refractivity contribution < 1.29 is 9.26 Å². The molecule has 150 valence electrons. The number of ether oxygens (including phenoxy) is 1. The van der Waals surface area contributed by atoms with Crippen LogP contribution in [-0.2, 0) is 24.1 Å². The number of hydrogen-bond acceptors (Lipinski definition) is 5. The van der Waals surface area contributed by atoms with Crippen LogP contribution in [0.1, 0.15) is 47.9 Å². The van der Waals surface area contributed by atoms with Crippen LogP contribution in [0, 0.1) is 0 Å². The second-order valence-corrected chi connectivity index (χ2v) is 8.06. The Morgan fingerprint density at radius 1 is 1.00 bits per heavy atom. The minimum atomic E-state index is -0.0151. The molecule has 0 bridgehead atoms. The Kier molecular flexibility index (Phi) is 5.41. The number of hydrogen-bond donors (Lipinski definition) is 0. The summed E-state index contributed by atoms with van der Waals surface area (Å²) in [6.07, 6.45) is 5.53. The zero-order valence-corrected chi connectivity index (χ0v) is 16.7. The highest BCUT2D eigenvalue weighted by atomic mass is 16.5. The predicted octanol–water partition coefficient (Wildman–Crippen LogP) is 4.58. The molecule has 0 N–H and O–H groups in total. The third kappa shape index (κ3) is 4.26. The minimum absolute atomic E-state index is 0.0151. The third-order valence-corrected chi connectivity index (χ3v) is 5.96. The van der Waals surface area contributed by atoms with E-state index in [2.05, 4.69) is 63.6 Å². The molecule has 2 aliphatic heterocycles. The Balaban J connectivity index is 1.30. The average molecular weight is 389 g/mol. The molecule has 29 heavy (non-hydrogen) atoms. The predicted molar refractivity (Wildman–Crippen MR) is 111 cm³/mol. The highest BCUT2D eigenvalue weighted by Gasteiger charge is 2.23. The first-order valence-electron chi connectivity index (χ1n) is 10.7. The lowest BCUT2D eigenvalue weighted by Gasteiger charge is -2.26. The van der Waals surface area contributed by atoms with Gasteiger partial charge in [0.25, 0.3) is 0 Å². The van der Waals surface area contributed by atoms with Crippen LogP contribution in [0.25, 0.3) is 11.4 Å². The van der Waals surface area contributed by atoms with E-state index < -0.39 is 0 Å². The van der Waals surface area contributed by atoms with E-state index in [9.17, 15) is 0 Å². The summed E-state index contributed by atoms with van der Waals surface area (Å²) in [5, 5.41) is 4.24. The van der Waals surface area contributed by atoms with Gasteiger partial charge >= 0.3 is 0 Å². The van der Waals surface area contributed by atoms with E-state index >= 15 is 0 Å². The molecule has 0 radical (unpaired) electrons. The molecular formula is C24H27N3O2. The first-order chi connectivity index (χ1) is 14.3. The van der Waals surface area contributed by atoms with E-state index in [1.165, 1.54) is 49.0 Å². The standard InChI is InChI=1S/C24H27N3O2/c1-4-12-27(13-5-1)17-18-7-6-9-20(15-18)24-25-23(29-26-24)16-22-21-10-3-2-8-19(21)11-14-28-22/h2-3,6-10,15,22H,1,4-5,11-14,16-17H2/t22-/m0/s1.